The first-order valence-electron chi connectivity index (χ1n) is 9.21. The van der Waals surface area contributed by atoms with E-state index in [1.54, 1.807) is 13.8 Å². The van der Waals surface area contributed by atoms with Gasteiger partial charge in [-0.15, -0.1) is 0 Å². The predicted molar refractivity (Wildman–Crippen MR) is 111 cm³/mol. The van der Waals surface area contributed by atoms with Crippen LogP contribution in [0.5, 0.6) is 5.75 Å². The zero-order valence-electron chi connectivity index (χ0n) is 16.9. The predicted octanol–water partition coefficient (Wildman–Crippen LogP) is 2.05. The molecular weight excluding hydrogens is 465 g/mol. The van der Waals surface area contributed by atoms with Crippen molar-refractivity contribution in [3.63, 3.8) is 0 Å². The molecule has 0 amide bonds. The van der Waals surface area contributed by atoms with Gasteiger partial charge in [-0.3, -0.25) is 14.8 Å². The van der Waals surface area contributed by atoms with Crippen molar-refractivity contribution in [1.29, 1.82) is 0 Å². The van der Waals surface area contributed by atoms with Crippen LogP contribution in [0, 0.1) is 6.92 Å². The van der Waals surface area contributed by atoms with Crippen LogP contribution in [0.15, 0.2) is 34.7 Å². The fourth-order valence-corrected chi connectivity index (χ4v) is 3.88. The summed E-state index contributed by atoms with van der Waals surface area (Å²) in [5, 5.41) is 31.6. The normalized spacial score (nSPS) is 14.9. The molecule has 2 radical (unpaired) electrons. The van der Waals surface area contributed by atoms with Crippen LogP contribution in [0.2, 0.25) is 8.87 Å². The van der Waals surface area contributed by atoms with Crippen LogP contribution in [-0.4, -0.2) is 59.5 Å². The number of aliphatic imine (C=N–C) groups is 1. The summed E-state index contributed by atoms with van der Waals surface area (Å²) in [7, 11) is 0. The van der Waals surface area contributed by atoms with Crippen molar-refractivity contribution >= 4 is 32.6 Å². The van der Waals surface area contributed by atoms with Crippen molar-refractivity contribution in [2.45, 2.75) is 49.7 Å². The Bertz CT molecular complexity index is 771. The number of aryl methyl sites for hydroxylation is 1. The van der Waals surface area contributed by atoms with E-state index >= 15 is 0 Å². The van der Waals surface area contributed by atoms with Crippen molar-refractivity contribution in [2.75, 3.05) is 6.61 Å². The van der Waals surface area contributed by atoms with E-state index < -0.39 is 0 Å². The van der Waals surface area contributed by atoms with E-state index in [-0.39, 0.29) is 52.4 Å². The summed E-state index contributed by atoms with van der Waals surface area (Å²) in [5.74, 6) is -0.255. The minimum absolute atomic E-state index is 0.00749. The van der Waals surface area contributed by atoms with Gasteiger partial charge in [0.2, 0.25) is 5.78 Å². The summed E-state index contributed by atoms with van der Waals surface area (Å²) in [6.45, 7) is 7.50. The number of aromatic nitrogens is 1. The molecule has 152 valence electrons. The van der Waals surface area contributed by atoms with Gasteiger partial charge in [0.05, 0.1) is 24.6 Å². The molecule has 28 heavy (non-hydrogen) atoms. The molecule has 0 saturated carbocycles. The van der Waals surface area contributed by atoms with Gasteiger partial charge in [-0.05, 0) is 13.8 Å². The topological polar surface area (TPSA) is 115 Å². The molecule has 0 saturated heterocycles. The number of rotatable bonds is 7. The second-order valence-corrected chi connectivity index (χ2v) is 11.6. The number of hydrogen-bond acceptors (Lipinski definition) is 7. The van der Waals surface area contributed by atoms with Crippen LogP contribution >= 0.6 is 0 Å². The summed E-state index contributed by atoms with van der Waals surface area (Å²) in [5.41, 5.74) is 2.57. The summed E-state index contributed by atoms with van der Waals surface area (Å²) in [4.78, 5) is 20.0. The van der Waals surface area contributed by atoms with E-state index in [0.717, 1.165) is 0 Å². The standard InChI is InChI=1S/C16H19N3O4.2C2H5.Sn/c1-9-15(22)13(11(7-20)3-18-9)5-17-6-14-12(8-21)4-19-10(2)16(14)23;2*1-2;/h3-5,17,20-21,23H,6-8H2,1-2H3;2*1H2,2H3;/b13-5-;;;. The summed E-state index contributed by atoms with van der Waals surface area (Å²) >= 11 is 0.218. The molecule has 1 aliphatic rings. The van der Waals surface area contributed by atoms with E-state index in [1.807, 2.05) is 0 Å². The number of aliphatic hydroxyl groups is 2. The quantitative estimate of drug-likeness (QED) is 0.341. The molecule has 0 unspecified atom stereocenters. The monoisotopic (exact) mass is 495 g/mol. The third-order valence-electron chi connectivity index (χ3n) is 4.13. The molecule has 1 aromatic rings. The van der Waals surface area contributed by atoms with Crippen molar-refractivity contribution in [3.8, 4) is 5.75 Å². The van der Waals surface area contributed by atoms with Gasteiger partial charge < -0.3 is 20.6 Å². The minimum atomic E-state index is -0.294. The van der Waals surface area contributed by atoms with Crippen LogP contribution in [0.3, 0.4) is 0 Å². The maximum atomic E-state index is 12.1. The Kier molecular flexibility index (Phi) is 11.0. The number of nitrogens with one attached hydrogen (secondary N) is 1. The number of hydrogen-bond donors (Lipinski definition) is 4. The van der Waals surface area contributed by atoms with E-state index in [1.165, 1.54) is 27.5 Å². The van der Waals surface area contributed by atoms with Gasteiger partial charge in [0, 0.05) is 47.4 Å². The molecular formula is C20H29N3O4Sn. The van der Waals surface area contributed by atoms with Gasteiger partial charge in [0.1, 0.15) is 5.75 Å². The molecule has 2 heterocycles. The third kappa shape index (κ3) is 6.72. The van der Waals surface area contributed by atoms with Gasteiger partial charge >= 0.3 is 43.9 Å². The zero-order valence-corrected chi connectivity index (χ0v) is 19.8. The number of carbonyl (C=O) groups is 1. The SMILES string of the molecule is CC1=NC=C(CO)/C(=C/NCc2c(CO)cnc(C)c2O)C1=O.C[CH2][Sn][CH2]C. The van der Waals surface area contributed by atoms with Gasteiger partial charge in [0.15, 0.2) is 0 Å². The van der Waals surface area contributed by atoms with Gasteiger partial charge in [-0.1, -0.05) is 0 Å². The molecule has 8 heteroatoms. The maximum absolute atomic E-state index is 12.1. The van der Waals surface area contributed by atoms with E-state index in [2.05, 4.69) is 29.1 Å². The molecule has 0 spiro atoms. The molecule has 7 nitrogen and oxygen atoms in total. The van der Waals surface area contributed by atoms with Crippen LogP contribution in [-0.2, 0) is 17.9 Å². The first kappa shape index (κ1) is 24.3. The average molecular weight is 494 g/mol. The Morgan fingerprint density at radius 1 is 1.18 bits per heavy atom. The molecule has 1 aromatic heterocycles. The van der Waals surface area contributed by atoms with Crippen LogP contribution in [0.4, 0.5) is 0 Å². The molecule has 0 atom stereocenters. The van der Waals surface area contributed by atoms with Crippen molar-refractivity contribution < 1.29 is 20.1 Å². The number of aliphatic hydroxyl groups excluding tert-OH is 2. The van der Waals surface area contributed by atoms with Crippen molar-refractivity contribution in [1.82, 2.24) is 10.3 Å². The second kappa shape index (κ2) is 12.7. The molecule has 0 aromatic carbocycles. The summed E-state index contributed by atoms with van der Waals surface area (Å²) < 4.78 is 3.03. The molecule has 0 bridgehead atoms. The molecule has 0 fully saturated rings. The number of aromatic hydroxyl groups is 1. The number of carbonyl (C=O) groups excluding carboxylic acids is 1. The summed E-state index contributed by atoms with van der Waals surface area (Å²) in [6, 6.07) is 0. The Balaban J connectivity index is 0.000000696. The van der Waals surface area contributed by atoms with Crippen LogP contribution in [0.1, 0.15) is 37.6 Å². The Hall–Kier alpha value is -1.71. The first-order valence-corrected chi connectivity index (χ1v) is 13.3. The van der Waals surface area contributed by atoms with E-state index in [4.69, 9.17) is 0 Å². The van der Waals surface area contributed by atoms with E-state index in [9.17, 15) is 20.1 Å². The fourth-order valence-electron chi connectivity index (χ4n) is 2.45. The molecule has 4 N–H and O–H groups in total. The third-order valence-corrected chi connectivity index (χ3v) is 6.98. The summed E-state index contributed by atoms with van der Waals surface area (Å²) in [6.07, 6.45) is 4.44. The van der Waals surface area contributed by atoms with Gasteiger partial charge in [0.25, 0.3) is 0 Å². The Morgan fingerprint density at radius 3 is 2.39 bits per heavy atom. The number of pyridine rings is 1. The Labute approximate surface area is 176 Å². The number of nitrogens with zero attached hydrogens (tertiary/aromatic N) is 2. The average Bonchev–Trinajstić information content (AvgIpc) is 2.69. The van der Waals surface area contributed by atoms with Gasteiger partial charge in [-0.2, -0.15) is 0 Å². The van der Waals surface area contributed by atoms with Crippen LogP contribution < -0.4 is 5.32 Å². The van der Waals surface area contributed by atoms with Crippen LogP contribution in [0.25, 0.3) is 0 Å². The van der Waals surface area contributed by atoms with Crippen molar-refractivity contribution in [2.24, 2.45) is 4.99 Å². The second-order valence-electron chi connectivity index (χ2n) is 6.11. The number of ketones is 1. The fraction of sp³-hybridized carbons (Fsp3) is 0.450. The number of Topliss-reactive ketones (excluding diaryl/α,β-unsaturated/α-hetero) is 1. The first-order chi connectivity index (χ1) is 13.4. The Morgan fingerprint density at radius 2 is 1.86 bits per heavy atom. The van der Waals surface area contributed by atoms with Crippen molar-refractivity contribution in [3.05, 3.63) is 46.6 Å². The van der Waals surface area contributed by atoms with Gasteiger partial charge in [-0.25, -0.2) is 0 Å². The molecule has 1 aliphatic heterocycles. The molecule has 2 rings (SSSR count). The zero-order chi connectivity index (χ0) is 21.1. The molecule has 0 aliphatic carbocycles. The van der Waals surface area contributed by atoms with E-state index in [0.29, 0.717) is 33.7 Å².